The fraction of sp³-hybridized carbons (Fsp3) is 0.429. The lowest BCUT2D eigenvalue weighted by Gasteiger charge is -2.37. The molecule has 120 valence electrons. The second-order valence-electron chi connectivity index (χ2n) is 7.12. The maximum Gasteiger partial charge on any atom is 0.0855 e. The first-order valence-electron chi connectivity index (χ1n) is 8.87. The molecule has 2 aromatic rings. The zero-order chi connectivity index (χ0) is 15.6. The average Bonchev–Trinajstić information content (AvgIpc) is 2.80. The Hall–Kier alpha value is -1.80. The minimum Gasteiger partial charge on any atom is -0.388 e. The summed E-state index contributed by atoms with van der Waals surface area (Å²) in [4.78, 5) is 2.50. The van der Waals surface area contributed by atoms with E-state index in [0.717, 1.165) is 31.5 Å². The van der Waals surface area contributed by atoms with Crippen molar-refractivity contribution in [2.45, 2.75) is 31.8 Å². The van der Waals surface area contributed by atoms with Crippen LogP contribution < -0.4 is 4.90 Å². The molecular weight excluding hydrogens is 282 g/mol. The number of hydrogen-bond donors (Lipinski definition) is 1. The number of aliphatic hydroxyl groups excluding tert-OH is 1. The van der Waals surface area contributed by atoms with Gasteiger partial charge in [-0.3, -0.25) is 0 Å². The van der Waals surface area contributed by atoms with E-state index in [0.29, 0.717) is 11.8 Å². The van der Waals surface area contributed by atoms with Gasteiger partial charge in [0.05, 0.1) is 6.10 Å². The Morgan fingerprint density at radius 1 is 1.00 bits per heavy atom. The molecule has 3 unspecified atom stereocenters. The van der Waals surface area contributed by atoms with Crippen LogP contribution in [0, 0.1) is 11.8 Å². The zero-order valence-electron chi connectivity index (χ0n) is 13.6. The summed E-state index contributed by atoms with van der Waals surface area (Å²) in [6.45, 7) is 2.14. The molecule has 2 heterocycles. The summed E-state index contributed by atoms with van der Waals surface area (Å²) in [7, 11) is 0. The standard InChI is InChI=1S/C21H25NO/c23-21-18-14-17(11-10-16-6-2-1-3-7-16)12-13-22(15-18)20-9-5-4-8-19(20)21/h1-9,17-18,21,23H,10-15H2. The lowest BCUT2D eigenvalue weighted by atomic mass is 9.83. The molecule has 2 bridgehead atoms. The second-order valence-corrected chi connectivity index (χ2v) is 7.12. The van der Waals surface area contributed by atoms with E-state index in [-0.39, 0.29) is 6.10 Å². The van der Waals surface area contributed by atoms with Gasteiger partial charge in [0.15, 0.2) is 0 Å². The fourth-order valence-corrected chi connectivity index (χ4v) is 4.34. The van der Waals surface area contributed by atoms with Gasteiger partial charge in [0.1, 0.15) is 0 Å². The Morgan fingerprint density at radius 2 is 1.78 bits per heavy atom. The minimum atomic E-state index is -0.292. The molecule has 0 aromatic heterocycles. The van der Waals surface area contributed by atoms with Gasteiger partial charge < -0.3 is 10.0 Å². The molecule has 3 atom stereocenters. The molecule has 0 aliphatic carbocycles. The van der Waals surface area contributed by atoms with Crippen molar-refractivity contribution in [1.29, 1.82) is 0 Å². The lowest BCUT2D eigenvalue weighted by molar-refractivity contribution is 0.0939. The first-order chi connectivity index (χ1) is 11.3. The summed E-state index contributed by atoms with van der Waals surface area (Å²) >= 11 is 0. The second kappa shape index (κ2) is 6.37. The molecule has 0 spiro atoms. The topological polar surface area (TPSA) is 23.5 Å². The van der Waals surface area contributed by atoms with Crippen LogP contribution in [0.15, 0.2) is 54.6 Å². The number of fused-ring (bicyclic) bond motifs is 4. The summed E-state index contributed by atoms with van der Waals surface area (Å²) in [5.41, 5.74) is 3.82. The van der Waals surface area contributed by atoms with Gasteiger partial charge in [-0.25, -0.2) is 0 Å². The maximum atomic E-state index is 10.8. The van der Waals surface area contributed by atoms with Gasteiger partial charge in [-0.2, -0.15) is 0 Å². The number of anilines is 1. The van der Waals surface area contributed by atoms with E-state index in [1.807, 2.05) is 6.07 Å². The van der Waals surface area contributed by atoms with Crippen LogP contribution in [0.2, 0.25) is 0 Å². The molecular formula is C21H25NO. The van der Waals surface area contributed by atoms with Crippen molar-refractivity contribution in [2.75, 3.05) is 18.0 Å². The van der Waals surface area contributed by atoms with Gasteiger partial charge in [-0.1, -0.05) is 48.5 Å². The highest BCUT2D eigenvalue weighted by Gasteiger charge is 2.35. The number of para-hydroxylation sites is 1. The summed E-state index contributed by atoms with van der Waals surface area (Å²) in [6, 6.07) is 19.2. The predicted molar refractivity (Wildman–Crippen MR) is 94.6 cm³/mol. The molecule has 2 heteroatoms. The van der Waals surface area contributed by atoms with Gasteiger partial charge in [0.2, 0.25) is 0 Å². The van der Waals surface area contributed by atoms with Gasteiger partial charge >= 0.3 is 0 Å². The Morgan fingerprint density at radius 3 is 2.65 bits per heavy atom. The highest BCUT2D eigenvalue weighted by atomic mass is 16.3. The van der Waals surface area contributed by atoms with Crippen LogP contribution in [-0.4, -0.2) is 18.2 Å². The Kier molecular flexibility index (Phi) is 4.09. The van der Waals surface area contributed by atoms with Crippen LogP contribution in [0.4, 0.5) is 5.69 Å². The normalized spacial score (nSPS) is 26.5. The largest absolute Gasteiger partial charge is 0.388 e. The summed E-state index contributed by atoms with van der Waals surface area (Å²) in [5, 5.41) is 10.8. The van der Waals surface area contributed by atoms with E-state index in [1.54, 1.807) is 0 Å². The smallest absolute Gasteiger partial charge is 0.0855 e. The first kappa shape index (κ1) is 14.8. The molecule has 1 N–H and O–H groups in total. The van der Waals surface area contributed by atoms with E-state index >= 15 is 0 Å². The van der Waals surface area contributed by atoms with Crippen LogP contribution in [0.3, 0.4) is 0 Å². The number of aryl methyl sites for hydroxylation is 1. The monoisotopic (exact) mass is 307 g/mol. The molecule has 0 radical (unpaired) electrons. The number of hydrogen-bond acceptors (Lipinski definition) is 2. The van der Waals surface area contributed by atoms with Crippen LogP contribution in [0.1, 0.15) is 36.5 Å². The van der Waals surface area contributed by atoms with Crippen molar-refractivity contribution in [3.63, 3.8) is 0 Å². The molecule has 4 rings (SSSR count). The van der Waals surface area contributed by atoms with Gasteiger partial charge in [0.25, 0.3) is 0 Å². The lowest BCUT2D eigenvalue weighted by Crippen LogP contribution is -2.36. The zero-order valence-corrected chi connectivity index (χ0v) is 13.6. The quantitative estimate of drug-likeness (QED) is 0.918. The molecule has 0 amide bonds. The maximum absolute atomic E-state index is 10.8. The predicted octanol–water partition coefficient (Wildman–Crippen LogP) is 4.20. The highest BCUT2D eigenvalue weighted by Crippen LogP contribution is 2.42. The van der Waals surface area contributed by atoms with Crippen LogP contribution in [0.5, 0.6) is 0 Å². The van der Waals surface area contributed by atoms with Gasteiger partial charge in [0, 0.05) is 30.3 Å². The number of benzene rings is 2. The van der Waals surface area contributed by atoms with E-state index in [4.69, 9.17) is 0 Å². The summed E-state index contributed by atoms with van der Waals surface area (Å²) < 4.78 is 0. The van der Waals surface area contributed by atoms with E-state index in [9.17, 15) is 5.11 Å². The third-order valence-electron chi connectivity index (χ3n) is 5.62. The van der Waals surface area contributed by atoms with Crippen molar-refractivity contribution in [3.05, 3.63) is 65.7 Å². The summed E-state index contributed by atoms with van der Waals surface area (Å²) in [6.07, 6.45) is 4.49. The molecule has 1 fully saturated rings. The number of rotatable bonds is 3. The summed E-state index contributed by atoms with van der Waals surface area (Å²) in [5.74, 6) is 1.10. The molecule has 1 saturated heterocycles. The Bertz CT molecular complexity index is 639. The Balaban J connectivity index is 1.47. The molecule has 0 saturated carbocycles. The van der Waals surface area contributed by atoms with Crippen molar-refractivity contribution in [2.24, 2.45) is 11.8 Å². The first-order valence-corrected chi connectivity index (χ1v) is 8.87. The van der Waals surface area contributed by atoms with Crippen molar-refractivity contribution in [1.82, 2.24) is 0 Å². The molecule has 2 nitrogen and oxygen atoms in total. The number of aliphatic hydroxyl groups is 1. The molecule has 2 aliphatic rings. The van der Waals surface area contributed by atoms with Gasteiger partial charge in [-0.05, 0) is 43.2 Å². The third kappa shape index (κ3) is 3.00. The SMILES string of the molecule is OC1c2ccccc2N2CCC(CCc3ccccc3)CC1C2. The van der Waals surface area contributed by atoms with E-state index in [1.165, 1.54) is 24.1 Å². The number of nitrogens with zero attached hydrogens (tertiary/aromatic N) is 1. The fourth-order valence-electron chi connectivity index (χ4n) is 4.34. The van der Waals surface area contributed by atoms with Crippen molar-refractivity contribution in [3.8, 4) is 0 Å². The molecule has 2 aliphatic heterocycles. The van der Waals surface area contributed by atoms with Gasteiger partial charge in [-0.15, -0.1) is 0 Å². The average molecular weight is 307 g/mol. The molecule has 23 heavy (non-hydrogen) atoms. The minimum absolute atomic E-state index is 0.292. The van der Waals surface area contributed by atoms with E-state index < -0.39 is 0 Å². The van der Waals surface area contributed by atoms with Crippen LogP contribution >= 0.6 is 0 Å². The highest BCUT2D eigenvalue weighted by molar-refractivity contribution is 5.57. The van der Waals surface area contributed by atoms with E-state index in [2.05, 4.69) is 53.4 Å². The van der Waals surface area contributed by atoms with Crippen molar-refractivity contribution < 1.29 is 5.11 Å². The van der Waals surface area contributed by atoms with Crippen molar-refractivity contribution >= 4 is 5.69 Å². The molecule has 2 aromatic carbocycles. The Labute approximate surface area is 138 Å². The van der Waals surface area contributed by atoms with Crippen LogP contribution in [-0.2, 0) is 6.42 Å². The van der Waals surface area contributed by atoms with Crippen LogP contribution in [0.25, 0.3) is 0 Å². The third-order valence-corrected chi connectivity index (χ3v) is 5.62.